The molecule has 4 N–H and O–H groups in total. The van der Waals surface area contributed by atoms with E-state index in [1.807, 2.05) is 0 Å². The fourth-order valence-corrected chi connectivity index (χ4v) is 0.748. The Hall–Kier alpha value is -0.610. The van der Waals surface area contributed by atoms with Gasteiger partial charge in [-0.05, 0) is 19.4 Å². The number of carboxylic acid groups (broad SMARTS) is 1. The Bertz CT molecular complexity index is 99.2. The van der Waals surface area contributed by atoms with E-state index in [1.165, 1.54) is 0 Å². The summed E-state index contributed by atoms with van der Waals surface area (Å²) in [5, 5.41) is 16.9. The zero-order valence-electron chi connectivity index (χ0n) is 5.79. The highest BCUT2D eigenvalue weighted by Crippen LogP contribution is 2.06. The van der Waals surface area contributed by atoms with Gasteiger partial charge in [0.25, 0.3) is 0 Å². The second-order valence-electron chi connectivity index (χ2n) is 2.12. The number of aliphatic hydroxyl groups excluding tert-OH is 1. The van der Waals surface area contributed by atoms with Crippen molar-refractivity contribution in [1.29, 1.82) is 0 Å². The zero-order valence-corrected chi connectivity index (χ0v) is 5.79. The van der Waals surface area contributed by atoms with Gasteiger partial charge in [-0.1, -0.05) is 0 Å². The first-order chi connectivity index (χ1) is 4.72. The van der Waals surface area contributed by atoms with Crippen LogP contribution >= 0.6 is 0 Å². The van der Waals surface area contributed by atoms with E-state index in [0.717, 1.165) is 0 Å². The second-order valence-corrected chi connectivity index (χ2v) is 2.12. The molecule has 60 valence electrons. The van der Waals surface area contributed by atoms with Crippen molar-refractivity contribution in [2.75, 3.05) is 13.2 Å². The Morgan fingerprint density at radius 2 is 2.10 bits per heavy atom. The van der Waals surface area contributed by atoms with E-state index in [0.29, 0.717) is 19.4 Å². The number of carbonyl (C=O) groups is 1. The third kappa shape index (κ3) is 3.42. The van der Waals surface area contributed by atoms with Crippen molar-refractivity contribution in [2.24, 2.45) is 11.7 Å². The highest BCUT2D eigenvalue weighted by Gasteiger charge is 2.14. The molecule has 0 spiro atoms. The minimum atomic E-state index is -0.875. The van der Waals surface area contributed by atoms with Gasteiger partial charge in [-0.3, -0.25) is 4.79 Å². The first kappa shape index (κ1) is 9.39. The molecule has 0 aliphatic heterocycles. The van der Waals surface area contributed by atoms with Crippen LogP contribution in [-0.2, 0) is 4.79 Å². The predicted molar refractivity (Wildman–Crippen MR) is 36.5 cm³/mol. The van der Waals surface area contributed by atoms with E-state index in [4.69, 9.17) is 15.9 Å². The topological polar surface area (TPSA) is 83.5 Å². The molecule has 1 atom stereocenters. The van der Waals surface area contributed by atoms with Crippen molar-refractivity contribution in [1.82, 2.24) is 0 Å². The number of nitrogens with two attached hydrogens (primary N) is 1. The van der Waals surface area contributed by atoms with E-state index in [-0.39, 0.29) is 6.61 Å². The Morgan fingerprint density at radius 3 is 2.40 bits per heavy atom. The molecule has 0 rings (SSSR count). The number of hydrogen-bond donors (Lipinski definition) is 3. The largest absolute Gasteiger partial charge is 0.481 e. The fraction of sp³-hybridized carbons (Fsp3) is 0.833. The first-order valence-electron chi connectivity index (χ1n) is 3.26. The SMILES string of the molecule is NCCC(CCO)C(=O)O. The van der Waals surface area contributed by atoms with Gasteiger partial charge in [-0.25, -0.2) is 0 Å². The molecule has 0 aromatic rings. The number of hydrogen-bond acceptors (Lipinski definition) is 3. The van der Waals surface area contributed by atoms with Crippen molar-refractivity contribution in [3.05, 3.63) is 0 Å². The van der Waals surface area contributed by atoms with Crippen LogP contribution in [0.1, 0.15) is 12.8 Å². The number of aliphatic carboxylic acids is 1. The van der Waals surface area contributed by atoms with Crippen molar-refractivity contribution < 1.29 is 15.0 Å². The van der Waals surface area contributed by atoms with Gasteiger partial charge >= 0.3 is 5.97 Å². The van der Waals surface area contributed by atoms with E-state index in [9.17, 15) is 4.79 Å². The van der Waals surface area contributed by atoms with Crippen LogP contribution in [0.2, 0.25) is 0 Å². The number of carboxylic acids is 1. The van der Waals surface area contributed by atoms with Crippen LogP contribution in [0.15, 0.2) is 0 Å². The summed E-state index contributed by atoms with van der Waals surface area (Å²) >= 11 is 0. The molecule has 0 radical (unpaired) electrons. The van der Waals surface area contributed by atoms with Gasteiger partial charge in [0.05, 0.1) is 5.92 Å². The summed E-state index contributed by atoms with van der Waals surface area (Å²) in [6.07, 6.45) is 0.739. The molecule has 0 aliphatic rings. The van der Waals surface area contributed by atoms with Crippen LogP contribution in [0.25, 0.3) is 0 Å². The zero-order chi connectivity index (χ0) is 7.98. The molecule has 1 unspecified atom stereocenters. The molecule has 4 heteroatoms. The van der Waals surface area contributed by atoms with Gasteiger partial charge in [0, 0.05) is 6.61 Å². The van der Waals surface area contributed by atoms with Crippen LogP contribution in [0.5, 0.6) is 0 Å². The lowest BCUT2D eigenvalue weighted by Gasteiger charge is -2.07. The molecule has 0 heterocycles. The number of rotatable bonds is 5. The molecule has 0 aromatic carbocycles. The van der Waals surface area contributed by atoms with Crippen LogP contribution in [0.3, 0.4) is 0 Å². The molecule has 0 saturated heterocycles. The van der Waals surface area contributed by atoms with Crippen molar-refractivity contribution >= 4 is 5.97 Å². The van der Waals surface area contributed by atoms with Crippen LogP contribution in [0, 0.1) is 5.92 Å². The molecule has 0 bridgehead atoms. The molecule has 0 aromatic heterocycles. The lowest BCUT2D eigenvalue weighted by Crippen LogP contribution is -2.18. The minimum Gasteiger partial charge on any atom is -0.481 e. The predicted octanol–water partition coefficient (Wildman–Crippen LogP) is -0.582. The lowest BCUT2D eigenvalue weighted by molar-refractivity contribution is -0.142. The molecule has 10 heavy (non-hydrogen) atoms. The number of aliphatic hydroxyl groups is 1. The highest BCUT2D eigenvalue weighted by molar-refractivity contribution is 5.69. The van der Waals surface area contributed by atoms with E-state index in [1.54, 1.807) is 0 Å². The molecular formula is C6H13NO3. The minimum absolute atomic E-state index is 0.0863. The average molecular weight is 147 g/mol. The summed E-state index contributed by atoms with van der Waals surface area (Å²) in [5.74, 6) is -1.35. The van der Waals surface area contributed by atoms with Gasteiger partial charge in [-0.15, -0.1) is 0 Å². The summed E-state index contributed by atoms with van der Waals surface area (Å²) in [7, 11) is 0. The molecular weight excluding hydrogens is 134 g/mol. The maximum Gasteiger partial charge on any atom is 0.306 e. The third-order valence-electron chi connectivity index (χ3n) is 1.34. The maximum absolute atomic E-state index is 10.3. The van der Waals surface area contributed by atoms with Crippen LogP contribution in [0.4, 0.5) is 0 Å². The summed E-state index contributed by atoms with van der Waals surface area (Å²) in [6, 6.07) is 0. The summed E-state index contributed by atoms with van der Waals surface area (Å²) in [6.45, 7) is 0.272. The third-order valence-corrected chi connectivity index (χ3v) is 1.34. The smallest absolute Gasteiger partial charge is 0.306 e. The monoisotopic (exact) mass is 147 g/mol. The lowest BCUT2D eigenvalue weighted by atomic mass is 10.0. The molecule has 0 fully saturated rings. The van der Waals surface area contributed by atoms with Gasteiger partial charge < -0.3 is 15.9 Å². The van der Waals surface area contributed by atoms with E-state index in [2.05, 4.69) is 0 Å². The quantitative estimate of drug-likeness (QED) is 0.485. The second kappa shape index (κ2) is 5.20. The summed E-state index contributed by atoms with van der Waals surface area (Å²) in [4.78, 5) is 10.3. The molecule has 0 aliphatic carbocycles. The van der Waals surface area contributed by atoms with Crippen molar-refractivity contribution in [2.45, 2.75) is 12.8 Å². The highest BCUT2D eigenvalue weighted by atomic mass is 16.4. The molecule has 0 saturated carbocycles. The Kier molecular flexibility index (Phi) is 4.88. The van der Waals surface area contributed by atoms with Crippen molar-refractivity contribution in [3.8, 4) is 0 Å². The first-order valence-corrected chi connectivity index (χ1v) is 3.26. The molecule has 4 nitrogen and oxygen atoms in total. The van der Waals surface area contributed by atoms with Gasteiger partial charge in [-0.2, -0.15) is 0 Å². The molecule has 0 amide bonds. The average Bonchev–Trinajstić information content (AvgIpc) is 1.87. The van der Waals surface area contributed by atoms with Gasteiger partial charge in [0.15, 0.2) is 0 Å². The van der Waals surface area contributed by atoms with E-state index < -0.39 is 11.9 Å². The van der Waals surface area contributed by atoms with Gasteiger partial charge in [0.1, 0.15) is 0 Å². The summed E-state index contributed by atoms with van der Waals surface area (Å²) < 4.78 is 0. The Morgan fingerprint density at radius 1 is 1.50 bits per heavy atom. The van der Waals surface area contributed by atoms with Crippen LogP contribution < -0.4 is 5.73 Å². The van der Waals surface area contributed by atoms with Crippen LogP contribution in [-0.4, -0.2) is 29.3 Å². The normalized spacial score (nSPS) is 13.0. The van der Waals surface area contributed by atoms with Gasteiger partial charge in [0.2, 0.25) is 0 Å². The van der Waals surface area contributed by atoms with Crippen molar-refractivity contribution in [3.63, 3.8) is 0 Å². The fourth-order valence-electron chi connectivity index (χ4n) is 0.748. The van der Waals surface area contributed by atoms with E-state index >= 15 is 0 Å². The maximum atomic E-state index is 10.3. The summed E-state index contributed by atoms with van der Waals surface area (Å²) in [5.41, 5.74) is 5.15. The standard InChI is InChI=1S/C6H13NO3/c7-3-1-5(2-4-8)6(9)10/h5,8H,1-4,7H2,(H,9,10). The Balaban J connectivity index is 3.61. The Labute approximate surface area is 59.7 Å².